The highest BCUT2D eigenvalue weighted by Crippen LogP contribution is 2.21. The molecule has 0 saturated heterocycles. The molecule has 0 amide bonds. The van der Waals surface area contributed by atoms with Crippen molar-refractivity contribution >= 4 is 17.4 Å². The summed E-state index contributed by atoms with van der Waals surface area (Å²) in [5, 5.41) is 8.06. The van der Waals surface area contributed by atoms with E-state index in [1.54, 1.807) is 18.5 Å². The average Bonchev–Trinajstić information content (AvgIpc) is 2.23. The third-order valence-electron chi connectivity index (χ3n) is 1.75. The zero-order chi connectivity index (χ0) is 9.97. The standard InChI is InChI=1S/C9H7ClN4/c10-7-5-8(13-14-9(7)11)6-1-3-12-4-2-6/h1-5H,(H2,11,14). The molecule has 70 valence electrons. The highest BCUT2D eigenvalue weighted by atomic mass is 35.5. The summed E-state index contributed by atoms with van der Waals surface area (Å²) in [5.74, 6) is 0.240. The Morgan fingerprint density at radius 2 is 1.86 bits per heavy atom. The van der Waals surface area contributed by atoms with Gasteiger partial charge in [-0.2, -0.15) is 0 Å². The number of halogens is 1. The molecule has 0 saturated carbocycles. The summed E-state index contributed by atoms with van der Waals surface area (Å²) in [6, 6.07) is 5.34. The lowest BCUT2D eigenvalue weighted by atomic mass is 10.2. The second-order valence-electron chi connectivity index (χ2n) is 2.70. The van der Waals surface area contributed by atoms with Crippen molar-refractivity contribution < 1.29 is 0 Å². The summed E-state index contributed by atoms with van der Waals surface area (Å²) >= 11 is 5.82. The van der Waals surface area contributed by atoms with Gasteiger partial charge in [-0.05, 0) is 18.2 Å². The lowest BCUT2D eigenvalue weighted by Gasteiger charge is -2.00. The Morgan fingerprint density at radius 1 is 1.14 bits per heavy atom. The van der Waals surface area contributed by atoms with Gasteiger partial charge in [-0.1, -0.05) is 11.6 Å². The van der Waals surface area contributed by atoms with Gasteiger partial charge in [-0.3, -0.25) is 4.98 Å². The van der Waals surface area contributed by atoms with Crippen LogP contribution in [0.5, 0.6) is 0 Å². The number of hydrogen-bond donors (Lipinski definition) is 1. The summed E-state index contributed by atoms with van der Waals surface area (Å²) in [6.07, 6.45) is 3.36. The Morgan fingerprint density at radius 3 is 2.50 bits per heavy atom. The van der Waals surface area contributed by atoms with E-state index in [0.717, 1.165) is 5.56 Å². The molecule has 2 aromatic heterocycles. The summed E-state index contributed by atoms with van der Waals surface area (Å²) in [5.41, 5.74) is 7.05. The first-order chi connectivity index (χ1) is 6.77. The van der Waals surface area contributed by atoms with E-state index in [4.69, 9.17) is 17.3 Å². The number of rotatable bonds is 1. The van der Waals surface area contributed by atoms with Crippen molar-refractivity contribution in [3.63, 3.8) is 0 Å². The minimum Gasteiger partial charge on any atom is -0.381 e. The van der Waals surface area contributed by atoms with Gasteiger partial charge >= 0.3 is 0 Å². The lowest BCUT2D eigenvalue weighted by molar-refractivity contribution is 1.05. The quantitative estimate of drug-likeness (QED) is 0.773. The van der Waals surface area contributed by atoms with Gasteiger partial charge in [0, 0.05) is 18.0 Å². The monoisotopic (exact) mass is 206 g/mol. The smallest absolute Gasteiger partial charge is 0.164 e. The molecule has 0 unspecified atom stereocenters. The zero-order valence-electron chi connectivity index (χ0n) is 7.18. The first-order valence-corrected chi connectivity index (χ1v) is 4.34. The summed E-state index contributed by atoms with van der Waals surface area (Å²) in [7, 11) is 0. The first kappa shape index (κ1) is 8.90. The molecule has 5 heteroatoms. The van der Waals surface area contributed by atoms with Gasteiger partial charge in [0.05, 0.1) is 10.7 Å². The molecule has 2 heterocycles. The van der Waals surface area contributed by atoms with E-state index in [0.29, 0.717) is 10.7 Å². The maximum atomic E-state index is 5.82. The topological polar surface area (TPSA) is 64.7 Å². The van der Waals surface area contributed by atoms with Crippen LogP contribution in [0.15, 0.2) is 30.6 Å². The third-order valence-corrected chi connectivity index (χ3v) is 2.05. The number of anilines is 1. The SMILES string of the molecule is Nc1nnc(-c2ccncc2)cc1Cl. The van der Waals surface area contributed by atoms with E-state index >= 15 is 0 Å². The fourth-order valence-corrected chi connectivity index (χ4v) is 1.18. The lowest BCUT2D eigenvalue weighted by Crippen LogP contribution is -1.95. The van der Waals surface area contributed by atoms with Crippen LogP contribution in [0.3, 0.4) is 0 Å². The Bertz CT molecular complexity index is 444. The molecule has 0 aromatic carbocycles. The molecule has 14 heavy (non-hydrogen) atoms. The van der Waals surface area contributed by atoms with Crippen molar-refractivity contribution in [2.75, 3.05) is 5.73 Å². The molecular formula is C9H7ClN4. The van der Waals surface area contributed by atoms with Crippen LogP contribution in [0.4, 0.5) is 5.82 Å². The van der Waals surface area contributed by atoms with E-state index < -0.39 is 0 Å². The van der Waals surface area contributed by atoms with E-state index in [2.05, 4.69) is 15.2 Å². The number of aromatic nitrogens is 3. The van der Waals surface area contributed by atoms with Crippen molar-refractivity contribution in [2.24, 2.45) is 0 Å². The number of nitrogen functional groups attached to an aromatic ring is 1. The van der Waals surface area contributed by atoms with Gasteiger partial charge in [0.15, 0.2) is 5.82 Å². The normalized spacial score (nSPS) is 10.1. The Labute approximate surface area is 85.8 Å². The van der Waals surface area contributed by atoms with Gasteiger partial charge in [-0.25, -0.2) is 0 Å². The average molecular weight is 207 g/mol. The largest absolute Gasteiger partial charge is 0.381 e. The highest BCUT2D eigenvalue weighted by Gasteiger charge is 2.03. The molecule has 4 nitrogen and oxygen atoms in total. The summed E-state index contributed by atoms with van der Waals surface area (Å²) in [4.78, 5) is 3.91. The maximum absolute atomic E-state index is 5.82. The highest BCUT2D eigenvalue weighted by molar-refractivity contribution is 6.32. The van der Waals surface area contributed by atoms with Crippen LogP contribution in [0.1, 0.15) is 0 Å². The van der Waals surface area contributed by atoms with Crippen LogP contribution >= 0.6 is 11.6 Å². The first-order valence-electron chi connectivity index (χ1n) is 3.96. The second-order valence-corrected chi connectivity index (χ2v) is 3.11. The van der Waals surface area contributed by atoms with Crippen LogP contribution in [-0.2, 0) is 0 Å². The molecule has 0 fully saturated rings. The summed E-state index contributed by atoms with van der Waals surface area (Å²) in [6.45, 7) is 0. The zero-order valence-corrected chi connectivity index (χ0v) is 7.94. The minimum atomic E-state index is 0.240. The van der Waals surface area contributed by atoms with Crippen LogP contribution in [0.2, 0.25) is 5.02 Å². The minimum absolute atomic E-state index is 0.240. The molecule has 0 aliphatic heterocycles. The van der Waals surface area contributed by atoms with Crippen molar-refractivity contribution in [1.82, 2.24) is 15.2 Å². The molecule has 0 aliphatic carbocycles. The maximum Gasteiger partial charge on any atom is 0.164 e. The van der Waals surface area contributed by atoms with Crippen LogP contribution in [0, 0.1) is 0 Å². The van der Waals surface area contributed by atoms with E-state index in [-0.39, 0.29) is 5.82 Å². The number of nitrogens with two attached hydrogens (primary N) is 1. The Hall–Kier alpha value is -1.68. The van der Waals surface area contributed by atoms with Gasteiger partial charge in [0.1, 0.15) is 0 Å². The van der Waals surface area contributed by atoms with E-state index in [1.807, 2.05) is 12.1 Å². The van der Waals surface area contributed by atoms with Gasteiger partial charge < -0.3 is 5.73 Å². The van der Waals surface area contributed by atoms with E-state index in [9.17, 15) is 0 Å². The van der Waals surface area contributed by atoms with Crippen LogP contribution in [0.25, 0.3) is 11.3 Å². The predicted octanol–water partition coefficient (Wildman–Crippen LogP) is 1.77. The third kappa shape index (κ3) is 1.65. The molecule has 2 rings (SSSR count). The van der Waals surface area contributed by atoms with Crippen molar-refractivity contribution in [2.45, 2.75) is 0 Å². The fourth-order valence-electron chi connectivity index (χ4n) is 1.04. The molecule has 0 atom stereocenters. The molecule has 2 aromatic rings. The van der Waals surface area contributed by atoms with Crippen LogP contribution in [-0.4, -0.2) is 15.2 Å². The molecule has 2 N–H and O–H groups in total. The van der Waals surface area contributed by atoms with Crippen LogP contribution < -0.4 is 5.73 Å². The van der Waals surface area contributed by atoms with Gasteiger partial charge in [0.25, 0.3) is 0 Å². The van der Waals surface area contributed by atoms with Gasteiger partial charge in [0.2, 0.25) is 0 Å². The van der Waals surface area contributed by atoms with Crippen molar-refractivity contribution in [3.8, 4) is 11.3 Å². The molecule has 0 bridgehead atoms. The second kappa shape index (κ2) is 3.59. The Balaban J connectivity index is 2.48. The van der Waals surface area contributed by atoms with Crippen molar-refractivity contribution in [3.05, 3.63) is 35.6 Å². The molecular weight excluding hydrogens is 200 g/mol. The number of hydrogen-bond acceptors (Lipinski definition) is 4. The number of pyridine rings is 1. The fraction of sp³-hybridized carbons (Fsp3) is 0. The molecule has 0 spiro atoms. The van der Waals surface area contributed by atoms with E-state index in [1.165, 1.54) is 0 Å². The number of nitrogens with zero attached hydrogens (tertiary/aromatic N) is 3. The van der Waals surface area contributed by atoms with Crippen molar-refractivity contribution in [1.29, 1.82) is 0 Å². The molecule has 0 radical (unpaired) electrons. The predicted molar refractivity (Wildman–Crippen MR) is 54.7 cm³/mol. The van der Waals surface area contributed by atoms with Gasteiger partial charge in [-0.15, -0.1) is 10.2 Å². The Kier molecular flexibility index (Phi) is 2.28. The summed E-state index contributed by atoms with van der Waals surface area (Å²) < 4.78 is 0. The molecule has 0 aliphatic rings.